The van der Waals surface area contributed by atoms with Gasteiger partial charge in [0.05, 0.1) is 11.4 Å². The molecule has 3 heteroatoms. The quantitative estimate of drug-likeness (QED) is 0.910. The minimum absolute atomic E-state index is 0.257. The third kappa shape index (κ3) is 2.66. The van der Waals surface area contributed by atoms with E-state index in [-0.39, 0.29) is 6.04 Å². The maximum Gasteiger partial charge on any atom is 0.0782 e. The van der Waals surface area contributed by atoms with Crippen LogP contribution in [0.25, 0.3) is 0 Å². The molecule has 1 aliphatic carbocycles. The molecule has 1 saturated carbocycles. The molecule has 0 aliphatic heterocycles. The normalized spacial score (nSPS) is 23.1. The number of nitrogens with one attached hydrogen (secondary N) is 1. The lowest BCUT2D eigenvalue weighted by molar-refractivity contribution is 0.545. The van der Waals surface area contributed by atoms with Crippen molar-refractivity contribution in [3.8, 4) is 0 Å². The number of benzene rings is 1. The fourth-order valence-corrected chi connectivity index (χ4v) is 2.69. The highest BCUT2D eigenvalue weighted by atomic mass is 15.0. The molecule has 3 atom stereocenters. The van der Waals surface area contributed by atoms with E-state index >= 15 is 0 Å². The van der Waals surface area contributed by atoms with Crippen molar-refractivity contribution >= 4 is 0 Å². The van der Waals surface area contributed by atoms with E-state index in [1.54, 1.807) is 12.4 Å². The lowest BCUT2D eigenvalue weighted by Crippen LogP contribution is -2.24. The van der Waals surface area contributed by atoms with Crippen molar-refractivity contribution in [3.63, 3.8) is 0 Å². The topological polar surface area (TPSA) is 37.8 Å². The van der Waals surface area contributed by atoms with Crippen molar-refractivity contribution in [1.29, 1.82) is 0 Å². The van der Waals surface area contributed by atoms with Crippen molar-refractivity contribution < 1.29 is 0 Å². The van der Waals surface area contributed by atoms with Gasteiger partial charge in [0.1, 0.15) is 0 Å². The average Bonchev–Trinajstić information content (AvgIpc) is 3.19. The second-order valence-corrected chi connectivity index (χ2v) is 5.27. The first kappa shape index (κ1) is 12.3. The van der Waals surface area contributed by atoms with E-state index in [9.17, 15) is 0 Å². The second kappa shape index (κ2) is 5.10. The van der Waals surface area contributed by atoms with Crippen LogP contribution >= 0.6 is 0 Å². The van der Waals surface area contributed by atoms with Gasteiger partial charge in [-0.15, -0.1) is 0 Å². The summed E-state index contributed by atoms with van der Waals surface area (Å²) in [7, 11) is 0. The van der Waals surface area contributed by atoms with Crippen molar-refractivity contribution in [1.82, 2.24) is 15.3 Å². The number of rotatable bonds is 4. The van der Waals surface area contributed by atoms with Crippen molar-refractivity contribution in [2.24, 2.45) is 0 Å². The molecule has 3 unspecified atom stereocenters. The molecule has 3 rings (SSSR count). The molecule has 0 amide bonds. The predicted octanol–water partition coefficient (Wildman–Crippen LogP) is 2.99. The maximum atomic E-state index is 4.43. The van der Waals surface area contributed by atoms with Gasteiger partial charge >= 0.3 is 0 Å². The first-order chi connectivity index (χ1) is 9.25. The second-order valence-electron chi connectivity index (χ2n) is 5.27. The lowest BCUT2D eigenvalue weighted by Gasteiger charge is -2.14. The van der Waals surface area contributed by atoms with Crippen LogP contribution in [-0.2, 0) is 0 Å². The molecule has 0 bridgehead atoms. The monoisotopic (exact) mass is 253 g/mol. The molecule has 3 nitrogen and oxygen atoms in total. The minimum Gasteiger partial charge on any atom is -0.305 e. The van der Waals surface area contributed by atoms with Gasteiger partial charge in [-0.1, -0.05) is 30.3 Å². The van der Waals surface area contributed by atoms with Gasteiger partial charge < -0.3 is 5.32 Å². The zero-order chi connectivity index (χ0) is 13.2. The van der Waals surface area contributed by atoms with Gasteiger partial charge in [-0.25, -0.2) is 0 Å². The van der Waals surface area contributed by atoms with E-state index < -0.39 is 0 Å². The first-order valence-electron chi connectivity index (χ1n) is 6.84. The number of aromatic nitrogens is 2. The molecule has 0 spiro atoms. The Morgan fingerprint density at radius 1 is 1.16 bits per heavy atom. The summed E-state index contributed by atoms with van der Waals surface area (Å²) < 4.78 is 0. The van der Waals surface area contributed by atoms with Crippen molar-refractivity contribution in [2.45, 2.75) is 38.3 Å². The number of aryl methyl sites for hydroxylation is 1. The zero-order valence-electron chi connectivity index (χ0n) is 11.4. The van der Waals surface area contributed by atoms with Crippen LogP contribution in [0.1, 0.15) is 42.3 Å². The molecule has 19 heavy (non-hydrogen) atoms. The Balaban J connectivity index is 1.64. The third-order valence-corrected chi connectivity index (χ3v) is 3.81. The fourth-order valence-electron chi connectivity index (χ4n) is 2.69. The summed E-state index contributed by atoms with van der Waals surface area (Å²) in [4.78, 5) is 8.73. The predicted molar refractivity (Wildman–Crippen MR) is 75.9 cm³/mol. The molecule has 2 aromatic rings. The molecular weight excluding hydrogens is 234 g/mol. The average molecular weight is 253 g/mol. The summed E-state index contributed by atoms with van der Waals surface area (Å²) >= 11 is 0. The van der Waals surface area contributed by atoms with Crippen LogP contribution in [0.3, 0.4) is 0 Å². The van der Waals surface area contributed by atoms with Gasteiger partial charge in [0.25, 0.3) is 0 Å². The summed E-state index contributed by atoms with van der Waals surface area (Å²) in [6.07, 6.45) is 4.73. The van der Waals surface area contributed by atoms with Gasteiger partial charge in [-0.05, 0) is 25.8 Å². The van der Waals surface area contributed by atoms with Gasteiger partial charge in [-0.2, -0.15) is 0 Å². The first-order valence-corrected chi connectivity index (χ1v) is 6.84. The summed E-state index contributed by atoms with van der Waals surface area (Å²) in [6, 6.07) is 11.5. The number of nitrogens with zero attached hydrogens (tertiary/aromatic N) is 2. The van der Waals surface area contributed by atoms with Gasteiger partial charge in [0.2, 0.25) is 0 Å². The van der Waals surface area contributed by atoms with Crippen LogP contribution in [0.2, 0.25) is 0 Å². The highest BCUT2D eigenvalue weighted by molar-refractivity contribution is 5.28. The summed E-state index contributed by atoms with van der Waals surface area (Å²) in [5.74, 6) is 0.653. The molecule has 98 valence electrons. The molecule has 1 fully saturated rings. The highest BCUT2D eigenvalue weighted by Gasteiger charge is 2.39. The zero-order valence-corrected chi connectivity index (χ0v) is 11.4. The highest BCUT2D eigenvalue weighted by Crippen LogP contribution is 2.41. The Bertz CT molecular complexity index is 553. The SMILES string of the molecule is Cc1nccnc1C(C)NC1CC1c1ccccc1. The summed E-state index contributed by atoms with van der Waals surface area (Å²) in [5, 5.41) is 3.66. The Hall–Kier alpha value is -1.74. The molecule has 1 heterocycles. The molecular formula is C16H19N3. The van der Waals surface area contributed by atoms with Crippen molar-refractivity contribution in [2.75, 3.05) is 0 Å². The smallest absolute Gasteiger partial charge is 0.0782 e. The van der Waals surface area contributed by atoms with E-state index in [1.807, 2.05) is 6.92 Å². The third-order valence-electron chi connectivity index (χ3n) is 3.81. The molecule has 1 N–H and O–H groups in total. The van der Waals surface area contributed by atoms with Gasteiger partial charge in [-0.3, -0.25) is 9.97 Å². The molecule has 0 radical (unpaired) electrons. The standard InChI is InChI=1S/C16H19N3/c1-11-16(18-9-8-17-11)12(2)19-15-10-14(15)13-6-4-3-5-7-13/h3-9,12,14-15,19H,10H2,1-2H3. The van der Waals surface area contributed by atoms with Crippen molar-refractivity contribution in [3.05, 3.63) is 59.7 Å². The molecule has 1 aromatic carbocycles. The maximum absolute atomic E-state index is 4.43. The minimum atomic E-state index is 0.257. The number of hydrogen-bond donors (Lipinski definition) is 1. The summed E-state index contributed by atoms with van der Waals surface area (Å²) in [5.41, 5.74) is 3.50. The van der Waals surface area contributed by atoms with Crippen LogP contribution < -0.4 is 5.32 Å². The van der Waals surface area contributed by atoms with Crippen LogP contribution in [0.4, 0.5) is 0 Å². The fraction of sp³-hybridized carbons (Fsp3) is 0.375. The van der Waals surface area contributed by atoms with Gasteiger partial charge in [0, 0.05) is 30.4 Å². The molecule has 0 saturated heterocycles. The van der Waals surface area contributed by atoms with Crippen LogP contribution in [0.15, 0.2) is 42.7 Å². The van der Waals surface area contributed by atoms with E-state index in [1.165, 1.54) is 12.0 Å². The van der Waals surface area contributed by atoms with E-state index in [0.29, 0.717) is 12.0 Å². The van der Waals surface area contributed by atoms with E-state index in [0.717, 1.165) is 11.4 Å². The Morgan fingerprint density at radius 3 is 2.63 bits per heavy atom. The lowest BCUT2D eigenvalue weighted by atomic mass is 10.1. The Kier molecular flexibility index (Phi) is 3.30. The molecule has 1 aromatic heterocycles. The van der Waals surface area contributed by atoms with Crippen LogP contribution in [-0.4, -0.2) is 16.0 Å². The van der Waals surface area contributed by atoms with Crippen LogP contribution in [0.5, 0.6) is 0 Å². The number of hydrogen-bond acceptors (Lipinski definition) is 3. The van der Waals surface area contributed by atoms with Gasteiger partial charge in [0.15, 0.2) is 0 Å². The summed E-state index contributed by atoms with van der Waals surface area (Å²) in [6.45, 7) is 4.18. The molecule has 1 aliphatic rings. The van der Waals surface area contributed by atoms with E-state index in [2.05, 4.69) is 52.5 Å². The van der Waals surface area contributed by atoms with Crippen LogP contribution in [0, 0.1) is 6.92 Å². The Labute approximate surface area is 114 Å². The largest absolute Gasteiger partial charge is 0.305 e. The Morgan fingerprint density at radius 2 is 1.89 bits per heavy atom. The van der Waals surface area contributed by atoms with E-state index in [4.69, 9.17) is 0 Å².